The van der Waals surface area contributed by atoms with Gasteiger partial charge in [0.25, 0.3) is 0 Å². The van der Waals surface area contributed by atoms with Gasteiger partial charge in [0.05, 0.1) is 10.7 Å². The summed E-state index contributed by atoms with van der Waals surface area (Å²) < 4.78 is 5.82. The van der Waals surface area contributed by atoms with Crippen LogP contribution in [0.4, 0.5) is 5.69 Å². The summed E-state index contributed by atoms with van der Waals surface area (Å²) in [5.74, 6) is 0.656. The van der Waals surface area contributed by atoms with Crippen LogP contribution in [0.3, 0.4) is 0 Å². The van der Waals surface area contributed by atoms with Gasteiger partial charge in [-0.25, -0.2) is 0 Å². The van der Waals surface area contributed by atoms with Crippen molar-refractivity contribution in [3.05, 3.63) is 93.0 Å². The molecule has 0 aliphatic rings. The summed E-state index contributed by atoms with van der Waals surface area (Å²) in [6.45, 7) is 4.49. The zero-order chi connectivity index (χ0) is 18.5. The van der Waals surface area contributed by atoms with Gasteiger partial charge in [-0.1, -0.05) is 59.1 Å². The standard InChI is InChI=1S/C22H19Cl2NO/c1-15-6-8-17(9-7-15)14-26-22-11-10-18(12-20(22)24)13-25-21-5-3-4-19(23)16(21)2/h3-13H,14H2,1-2H3. The summed E-state index contributed by atoms with van der Waals surface area (Å²) in [4.78, 5) is 4.50. The molecule has 0 N–H and O–H groups in total. The molecule has 3 rings (SSSR count). The smallest absolute Gasteiger partial charge is 0.138 e. The second-order valence-electron chi connectivity index (χ2n) is 6.11. The van der Waals surface area contributed by atoms with Crippen molar-refractivity contribution in [1.82, 2.24) is 0 Å². The number of benzene rings is 3. The average molecular weight is 384 g/mol. The highest BCUT2D eigenvalue weighted by Crippen LogP contribution is 2.28. The normalized spacial score (nSPS) is 11.1. The van der Waals surface area contributed by atoms with Gasteiger partial charge < -0.3 is 4.74 Å². The van der Waals surface area contributed by atoms with Crippen LogP contribution in [0, 0.1) is 13.8 Å². The number of aliphatic imine (C=N–C) groups is 1. The van der Waals surface area contributed by atoms with Gasteiger partial charge in [-0.2, -0.15) is 0 Å². The summed E-state index contributed by atoms with van der Waals surface area (Å²) in [6.07, 6.45) is 1.77. The Labute approximate surface area is 164 Å². The highest BCUT2D eigenvalue weighted by molar-refractivity contribution is 6.32. The van der Waals surface area contributed by atoms with Crippen molar-refractivity contribution in [3.63, 3.8) is 0 Å². The monoisotopic (exact) mass is 383 g/mol. The van der Waals surface area contributed by atoms with Gasteiger partial charge in [-0.3, -0.25) is 4.99 Å². The molecule has 0 spiro atoms. The minimum Gasteiger partial charge on any atom is -0.487 e. The molecule has 0 aliphatic carbocycles. The quantitative estimate of drug-likeness (QED) is 0.437. The van der Waals surface area contributed by atoms with Crippen LogP contribution in [-0.2, 0) is 6.61 Å². The maximum atomic E-state index is 6.35. The van der Waals surface area contributed by atoms with E-state index in [1.807, 2.05) is 43.3 Å². The first-order chi connectivity index (χ1) is 12.5. The van der Waals surface area contributed by atoms with E-state index < -0.39 is 0 Å². The van der Waals surface area contributed by atoms with E-state index in [9.17, 15) is 0 Å². The van der Waals surface area contributed by atoms with E-state index in [2.05, 4.69) is 36.2 Å². The zero-order valence-corrected chi connectivity index (χ0v) is 16.2. The minimum absolute atomic E-state index is 0.481. The van der Waals surface area contributed by atoms with Crippen molar-refractivity contribution in [1.29, 1.82) is 0 Å². The van der Waals surface area contributed by atoms with Crippen LogP contribution in [0.5, 0.6) is 5.75 Å². The van der Waals surface area contributed by atoms with Crippen LogP contribution in [0.2, 0.25) is 10.0 Å². The third kappa shape index (κ3) is 4.66. The fourth-order valence-corrected chi connectivity index (χ4v) is 2.85. The lowest BCUT2D eigenvalue weighted by Gasteiger charge is -2.09. The Morgan fingerprint density at radius 2 is 1.69 bits per heavy atom. The SMILES string of the molecule is Cc1ccc(COc2ccc(C=Nc3cccc(Cl)c3C)cc2Cl)cc1. The Morgan fingerprint density at radius 1 is 0.923 bits per heavy atom. The molecule has 3 aromatic carbocycles. The molecular weight excluding hydrogens is 365 g/mol. The van der Waals surface area contributed by atoms with E-state index in [1.54, 1.807) is 6.21 Å². The number of hydrogen-bond acceptors (Lipinski definition) is 2. The number of halogens is 2. The zero-order valence-electron chi connectivity index (χ0n) is 14.7. The molecule has 0 atom stereocenters. The molecular formula is C22H19Cl2NO. The van der Waals surface area contributed by atoms with Gasteiger partial charge in [0.15, 0.2) is 0 Å². The second kappa shape index (κ2) is 8.39. The lowest BCUT2D eigenvalue weighted by Crippen LogP contribution is -1.96. The predicted molar refractivity (Wildman–Crippen MR) is 110 cm³/mol. The average Bonchev–Trinajstić information content (AvgIpc) is 2.63. The summed E-state index contributed by atoms with van der Waals surface area (Å²) in [5, 5.41) is 1.27. The van der Waals surface area contributed by atoms with Crippen LogP contribution in [0.25, 0.3) is 0 Å². The molecule has 3 aromatic rings. The van der Waals surface area contributed by atoms with Crippen molar-refractivity contribution in [2.45, 2.75) is 20.5 Å². The van der Waals surface area contributed by atoms with E-state index in [4.69, 9.17) is 27.9 Å². The van der Waals surface area contributed by atoms with Gasteiger partial charge in [0.2, 0.25) is 0 Å². The topological polar surface area (TPSA) is 21.6 Å². The van der Waals surface area contributed by atoms with Crippen molar-refractivity contribution in [3.8, 4) is 5.75 Å². The first-order valence-corrected chi connectivity index (χ1v) is 9.05. The fourth-order valence-electron chi connectivity index (χ4n) is 2.44. The highest BCUT2D eigenvalue weighted by Gasteiger charge is 2.04. The summed E-state index contributed by atoms with van der Waals surface area (Å²) in [6, 6.07) is 19.5. The Bertz CT molecular complexity index is 933. The van der Waals surface area contributed by atoms with Gasteiger partial charge in [-0.15, -0.1) is 0 Å². The number of aryl methyl sites for hydroxylation is 1. The molecule has 0 aromatic heterocycles. The summed E-state index contributed by atoms with van der Waals surface area (Å²) >= 11 is 12.5. The molecule has 0 aliphatic heterocycles. The molecule has 0 heterocycles. The number of nitrogens with zero attached hydrogens (tertiary/aromatic N) is 1. The van der Waals surface area contributed by atoms with Gasteiger partial charge in [-0.05, 0) is 60.9 Å². The van der Waals surface area contributed by atoms with E-state index in [-0.39, 0.29) is 0 Å². The first kappa shape index (κ1) is 18.5. The third-order valence-electron chi connectivity index (χ3n) is 4.06. The maximum absolute atomic E-state index is 6.35. The Kier molecular flexibility index (Phi) is 5.97. The van der Waals surface area contributed by atoms with Crippen molar-refractivity contribution >= 4 is 35.1 Å². The van der Waals surface area contributed by atoms with Crippen LogP contribution in [0.15, 0.2) is 65.7 Å². The van der Waals surface area contributed by atoms with Crippen molar-refractivity contribution in [2.24, 2.45) is 4.99 Å². The molecule has 0 radical (unpaired) electrons. The van der Waals surface area contributed by atoms with Crippen molar-refractivity contribution in [2.75, 3.05) is 0 Å². The maximum Gasteiger partial charge on any atom is 0.138 e. The number of rotatable bonds is 5. The van der Waals surface area contributed by atoms with Crippen LogP contribution in [0.1, 0.15) is 22.3 Å². The van der Waals surface area contributed by atoms with E-state index in [1.165, 1.54) is 5.56 Å². The fraction of sp³-hybridized carbons (Fsp3) is 0.136. The number of ether oxygens (including phenoxy) is 1. The van der Waals surface area contributed by atoms with E-state index in [0.717, 1.165) is 22.4 Å². The van der Waals surface area contributed by atoms with Gasteiger partial charge in [0, 0.05) is 11.2 Å². The molecule has 0 bridgehead atoms. The summed E-state index contributed by atoms with van der Waals surface area (Å²) in [5.41, 5.74) is 5.03. The van der Waals surface area contributed by atoms with Crippen LogP contribution < -0.4 is 4.74 Å². The largest absolute Gasteiger partial charge is 0.487 e. The van der Waals surface area contributed by atoms with Crippen molar-refractivity contribution < 1.29 is 4.74 Å². The van der Waals surface area contributed by atoms with Gasteiger partial charge >= 0.3 is 0 Å². The Morgan fingerprint density at radius 3 is 2.42 bits per heavy atom. The third-order valence-corrected chi connectivity index (χ3v) is 4.77. The predicted octanol–water partition coefficient (Wildman–Crippen LogP) is 6.94. The molecule has 26 heavy (non-hydrogen) atoms. The Hall–Kier alpha value is -2.29. The molecule has 4 heteroatoms. The van der Waals surface area contributed by atoms with Crippen LogP contribution in [-0.4, -0.2) is 6.21 Å². The molecule has 2 nitrogen and oxygen atoms in total. The minimum atomic E-state index is 0.481. The van der Waals surface area contributed by atoms with E-state index in [0.29, 0.717) is 22.4 Å². The highest BCUT2D eigenvalue weighted by atomic mass is 35.5. The lowest BCUT2D eigenvalue weighted by atomic mass is 10.2. The van der Waals surface area contributed by atoms with Gasteiger partial charge in [0.1, 0.15) is 12.4 Å². The summed E-state index contributed by atoms with van der Waals surface area (Å²) in [7, 11) is 0. The number of hydrogen-bond donors (Lipinski definition) is 0. The molecule has 0 saturated carbocycles. The molecule has 0 saturated heterocycles. The first-order valence-electron chi connectivity index (χ1n) is 8.30. The lowest BCUT2D eigenvalue weighted by molar-refractivity contribution is 0.306. The molecule has 132 valence electrons. The molecule has 0 unspecified atom stereocenters. The molecule has 0 fully saturated rings. The second-order valence-corrected chi connectivity index (χ2v) is 6.92. The Balaban J connectivity index is 1.70. The van der Waals surface area contributed by atoms with Crippen LogP contribution >= 0.6 is 23.2 Å². The van der Waals surface area contributed by atoms with E-state index >= 15 is 0 Å². The molecule has 0 amide bonds.